The molecule has 9 heteroatoms. The summed E-state index contributed by atoms with van der Waals surface area (Å²) < 4.78 is 13.5. The molecule has 0 spiro atoms. The van der Waals surface area contributed by atoms with E-state index in [1.54, 1.807) is 41.3 Å². The molecule has 7 nitrogen and oxygen atoms in total. The number of hydrogen-bond donors (Lipinski definition) is 0. The number of rotatable bonds is 7. The third kappa shape index (κ3) is 6.10. The number of nitrogens with zero attached hydrogens (tertiary/aromatic N) is 3. The summed E-state index contributed by atoms with van der Waals surface area (Å²) in [4.78, 5) is 56.0. The largest absolute Gasteiger partial charge is 0.343 e. The van der Waals surface area contributed by atoms with Crippen LogP contribution in [0.2, 0.25) is 0 Å². The Balaban J connectivity index is 1.41. The van der Waals surface area contributed by atoms with Crippen molar-refractivity contribution in [1.29, 1.82) is 0 Å². The van der Waals surface area contributed by atoms with Crippen LogP contribution >= 0.6 is 11.8 Å². The molecular weight excluding hydrogens is 493 g/mol. The molecule has 2 fully saturated rings. The molecule has 0 aliphatic carbocycles. The highest BCUT2D eigenvalue weighted by atomic mass is 32.2. The predicted molar refractivity (Wildman–Crippen MR) is 141 cm³/mol. The van der Waals surface area contributed by atoms with Gasteiger partial charge in [0.15, 0.2) is 0 Å². The summed E-state index contributed by atoms with van der Waals surface area (Å²) in [5.41, 5.74) is 1.72. The molecule has 4 amide bonds. The zero-order valence-corrected chi connectivity index (χ0v) is 21.8. The van der Waals surface area contributed by atoms with E-state index in [0.717, 1.165) is 29.5 Å². The van der Waals surface area contributed by atoms with Crippen LogP contribution in [0.5, 0.6) is 0 Å². The molecule has 2 aliphatic heterocycles. The predicted octanol–water partition coefficient (Wildman–Crippen LogP) is 4.78. The van der Waals surface area contributed by atoms with E-state index in [2.05, 4.69) is 0 Å². The van der Waals surface area contributed by atoms with Crippen molar-refractivity contribution in [2.24, 2.45) is 5.92 Å². The molecule has 194 valence electrons. The van der Waals surface area contributed by atoms with Crippen LogP contribution in [0.15, 0.2) is 53.4 Å². The fourth-order valence-corrected chi connectivity index (χ4v) is 5.51. The number of thioether (sulfide) groups is 1. The van der Waals surface area contributed by atoms with Gasteiger partial charge in [0, 0.05) is 31.7 Å². The quantitative estimate of drug-likeness (QED) is 0.488. The van der Waals surface area contributed by atoms with Gasteiger partial charge in [-0.25, -0.2) is 4.39 Å². The van der Waals surface area contributed by atoms with Gasteiger partial charge in [-0.1, -0.05) is 24.3 Å². The van der Waals surface area contributed by atoms with Gasteiger partial charge in [-0.3, -0.25) is 24.1 Å². The van der Waals surface area contributed by atoms with Crippen LogP contribution < -0.4 is 0 Å². The summed E-state index contributed by atoms with van der Waals surface area (Å²) in [7, 11) is 0. The van der Waals surface area contributed by atoms with Crippen LogP contribution in [-0.4, -0.2) is 63.8 Å². The lowest BCUT2D eigenvalue weighted by molar-refractivity contribution is -0.136. The van der Waals surface area contributed by atoms with Crippen molar-refractivity contribution in [1.82, 2.24) is 14.7 Å². The fourth-order valence-electron chi connectivity index (χ4n) is 4.67. The topological polar surface area (TPSA) is 78.0 Å². The number of carbonyl (C=O) groups excluding carboxylic acids is 4. The summed E-state index contributed by atoms with van der Waals surface area (Å²) in [6.07, 6.45) is 3.18. The van der Waals surface area contributed by atoms with Crippen molar-refractivity contribution in [3.05, 3.63) is 75.9 Å². The summed E-state index contributed by atoms with van der Waals surface area (Å²) in [6.45, 7) is 6.26. The van der Waals surface area contributed by atoms with Gasteiger partial charge in [-0.2, -0.15) is 0 Å². The molecule has 37 heavy (non-hydrogen) atoms. The van der Waals surface area contributed by atoms with E-state index in [9.17, 15) is 23.6 Å². The van der Waals surface area contributed by atoms with Gasteiger partial charge in [0.1, 0.15) is 5.82 Å². The Bertz CT molecular complexity index is 1230. The van der Waals surface area contributed by atoms with E-state index in [1.165, 1.54) is 18.2 Å². The standard InChI is InChI=1S/C28H30FN3O4S/c1-3-30(4-2)26(34)22-8-6-14-31(18-22)25(33)21-12-10-19(11-13-21)16-24-27(35)32(28(36)37-24)17-20-7-5-9-23(29)15-20/h5,7,9-13,15-16,22H,3-4,6,8,14,17-18H2,1-2H3/b24-16-/t22-/m1/s1. The zero-order valence-electron chi connectivity index (χ0n) is 21.0. The molecular formula is C28H30FN3O4S. The van der Waals surface area contributed by atoms with Gasteiger partial charge < -0.3 is 9.80 Å². The normalized spacial score (nSPS) is 19.0. The summed E-state index contributed by atoms with van der Waals surface area (Å²) >= 11 is 0.836. The average Bonchev–Trinajstić information content (AvgIpc) is 3.16. The molecule has 0 N–H and O–H groups in total. The second kappa shape index (κ2) is 11.7. The van der Waals surface area contributed by atoms with Crippen LogP contribution in [0.1, 0.15) is 48.2 Å². The number of imide groups is 1. The number of likely N-dealkylation sites (tertiary alicyclic amines) is 1. The smallest absolute Gasteiger partial charge is 0.293 e. The number of amides is 4. The van der Waals surface area contributed by atoms with Crippen molar-refractivity contribution >= 4 is 40.8 Å². The summed E-state index contributed by atoms with van der Waals surface area (Å²) in [6, 6.07) is 12.7. The Labute approximate surface area is 220 Å². The summed E-state index contributed by atoms with van der Waals surface area (Å²) in [5.74, 6) is -1.06. The number of hydrogen-bond acceptors (Lipinski definition) is 5. The first-order valence-corrected chi connectivity index (χ1v) is 13.3. The van der Waals surface area contributed by atoms with Crippen LogP contribution in [0, 0.1) is 11.7 Å². The third-order valence-corrected chi connectivity index (χ3v) is 7.60. The molecule has 4 rings (SSSR count). The fraction of sp³-hybridized carbons (Fsp3) is 0.357. The second-order valence-corrected chi connectivity index (χ2v) is 10.1. The van der Waals surface area contributed by atoms with Crippen molar-refractivity contribution in [3.63, 3.8) is 0 Å². The molecule has 2 heterocycles. The molecule has 0 aromatic heterocycles. The summed E-state index contributed by atoms with van der Waals surface area (Å²) in [5, 5.41) is -0.411. The van der Waals surface area contributed by atoms with E-state index in [1.807, 2.05) is 18.7 Å². The van der Waals surface area contributed by atoms with Gasteiger partial charge in [0.2, 0.25) is 5.91 Å². The molecule has 2 aromatic carbocycles. The number of halogens is 1. The van der Waals surface area contributed by atoms with Crippen molar-refractivity contribution in [2.75, 3.05) is 26.2 Å². The van der Waals surface area contributed by atoms with Gasteiger partial charge >= 0.3 is 0 Å². The minimum absolute atomic E-state index is 0.000804. The minimum atomic E-state index is -0.434. The highest BCUT2D eigenvalue weighted by Gasteiger charge is 2.35. The van der Waals surface area contributed by atoms with E-state index in [0.29, 0.717) is 42.9 Å². The molecule has 2 aromatic rings. The molecule has 1 atom stereocenters. The molecule has 0 unspecified atom stereocenters. The van der Waals surface area contributed by atoms with Gasteiger partial charge in [-0.15, -0.1) is 0 Å². The Morgan fingerprint density at radius 1 is 1.11 bits per heavy atom. The first-order chi connectivity index (χ1) is 17.8. The highest BCUT2D eigenvalue weighted by molar-refractivity contribution is 8.18. The maximum Gasteiger partial charge on any atom is 0.293 e. The van der Waals surface area contributed by atoms with E-state index in [-0.39, 0.29) is 29.2 Å². The molecule has 0 radical (unpaired) electrons. The first kappa shape index (κ1) is 26.6. The van der Waals surface area contributed by atoms with E-state index >= 15 is 0 Å². The van der Waals surface area contributed by atoms with Crippen LogP contribution in [0.4, 0.5) is 9.18 Å². The Hall–Kier alpha value is -3.46. The van der Waals surface area contributed by atoms with Crippen molar-refractivity contribution in [2.45, 2.75) is 33.2 Å². The van der Waals surface area contributed by atoms with Gasteiger partial charge in [-0.05, 0) is 79.9 Å². The van der Waals surface area contributed by atoms with Crippen molar-refractivity contribution < 1.29 is 23.6 Å². The van der Waals surface area contributed by atoms with Gasteiger partial charge in [0.25, 0.3) is 17.1 Å². The Morgan fingerprint density at radius 2 is 1.84 bits per heavy atom. The van der Waals surface area contributed by atoms with Gasteiger partial charge in [0.05, 0.1) is 17.4 Å². The SMILES string of the molecule is CCN(CC)C(=O)[C@@H]1CCCN(C(=O)c2ccc(/C=C3\SC(=O)N(Cc4cccc(F)c4)C3=O)cc2)C1. The minimum Gasteiger partial charge on any atom is -0.343 e. The van der Waals surface area contributed by atoms with E-state index in [4.69, 9.17) is 0 Å². The lowest BCUT2D eigenvalue weighted by Crippen LogP contribution is -2.46. The average molecular weight is 524 g/mol. The maximum atomic E-state index is 13.5. The molecule has 0 bridgehead atoms. The maximum absolute atomic E-state index is 13.5. The van der Waals surface area contributed by atoms with E-state index < -0.39 is 17.0 Å². The molecule has 2 aliphatic rings. The third-order valence-electron chi connectivity index (χ3n) is 6.69. The highest BCUT2D eigenvalue weighted by Crippen LogP contribution is 2.33. The Kier molecular flexibility index (Phi) is 8.43. The zero-order chi connectivity index (χ0) is 26.5. The number of benzene rings is 2. The molecule has 2 saturated heterocycles. The van der Waals surface area contributed by atoms with Crippen LogP contribution in [0.3, 0.4) is 0 Å². The monoisotopic (exact) mass is 523 g/mol. The van der Waals surface area contributed by atoms with Crippen LogP contribution in [0.25, 0.3) is 6.08 Å². The first-order valence-electron chi connectivity index (χ1n) is 12.5. The Morgan fingerprint density at radius 3 is 2.51 bits per heavy atom. The lowest BCUT2D eigenvalue weighted by Gasteiger charge is -2.34. The molecule has 0 saturated carbocycles. The second-order valence-electron chi connectivity index (χ2n) is 9.12. The van der Waals surface area contributed by atoms with Crippen LogP contribution in [-0.2, 0) is 16.1 Å². The number of piperidine rings is 1. The number of carbonyl (C=O) groups is 4. The lowest BCUT2D eigenvalue weighted by atomic mass is 9.95. The van der Waals surface area contributed by atoms with Crippen molar-refractivity contribution in [3.8, 4) is 0 Å².